The fourth-order valence-electron chi connectivity index (χ4n) is 7.63. The first kappa shape index (κ1) is 61.6. The highest BCUT2D eigenvalue weighted by Crippen LogP contribution is 2.35. The summed E-state index contributed by atoms with van der Waals surface area (Å²) in [5, 5.41) is 10.5. The molecule has 2 aliphatic rings. The van der Waals surface area contributed by atoms with Crippen LogP contribution in [0.3, 0.4) is 0 Å². The van der Waals surface area contributed by atoms with Crippen LogP contribution >= 0.6 is 22.7 Å². The lowest BCUT2D eigenvalue weighted by molar-refractivity contribution is -0.275. The summed E-state index contributed by atoms with van der Waals surface area (Å²) in [5.41, 5.74) is 0.0639. The Labute approximate surface area is 458 Å². The van der Waals surface area contributed by atoms with Crippen LogP contribution < -0.4 is 19.3 Å². The SMILES string of the molecule is Cc1nc(N2CCN(S(=O)(=O)c3ccc(OC(F)(F)F)cc3)[C@@H](C(=O)O)C2)sc1C(=O)OC(C)(C)C.Cc1nc(N2CCN(S(=O)(=O)c3ccc(OC(F)(F)F)cc3)[C@@H](C(=O)OCc3ccccc3)C2)sc1C(=O)OC(C)(C)C. The number of alkyl halides is 6. The van der Waals surface area contributed by atoms with Gasteiger partial charge in [0, 0.05) is 39.3 Å². The van der Waals surface area contributed by atoms with E-state index in [1.54, 1.807) is 95.5 Å². The summed E-state index contributed by atoms with van der Waals surface area (Å²) >= 11 is 2.08. The number of carbonyl (C=O) groups is 4. The van der Waals surface area contributed by atoms with E-state index in [1.165, 1.54) is 0 Å². The summed E-state index contributed by atoms with van der Waals surface area (Å²) < 4.78 is 154. The molecule has 0 bridgehead atoms. The van der Waals surface area contributed by atoms with E-state index in [4.69, 9.17) is 14.2 Å². The standard InChI is InChI=1S/C28H30F3N3O7S2.C21H24F3N3O7S2/c1-18-23(25(36)41-27(2,3)4)42-26(32-18)33-14-15-34(22(16-33)24(35)39-17-19-8-6-5-7-9-19)43(37,38)21-12-10-20(11-13-21)40-28(29,30)31;1-12-16(18(30)34-20(2,3)4)35-19(25-12)26-9-10-27(15(11-26)17(28)29)36(31,32)14-7-5-13(6-8-14)33-21(22,23)24/h5-13,22H,14-17H2,1-4H3;5-8,15H,9-11H2,1-4H3,(H,28,29)/t22-;15-/m11/s1. The second-order valence-corrected chi connectivity index (χ2v) is 25.2. The topological polar surface area (TPSA) is 242 Å². The molecule has 2 atom stereocenters. The lowest BCUT2D eigenvalue weighted by atomic mass is 10.2. The summed E-state index contributed by atoms with van der Waals surface area (Å²) in [7, 11) is -8.73. The molecule has 2 saturated heterocycles. The highest BCUT2D eigenvalue weighted by Gasteiger charge is 2.44. The molecule has 0 radical (unpaired) electrons. The monoisotopic (exact) mass is 1190 g/mol. The number of ether oxygens (including phenoxy) is 5. The predicted octanol–water partition coefficient (Wildman–Crippen LogP) is 8.20. The van der Waals surface area contributed by atoms with Crippen LogP contribution in [0.2, 0.25) is 0 Å². The van der Waals surface area contributed by atoms with Crippen molar-refractivity contribution in [1.82, 2.24) is 18.6 Å². The van der Waals surface area contributed by atoms with Gasteiger partial charge >= 0.3 is 36.6 Å². The number of sulfonamides is 2. The lowest BCUT2D eigenvalue weighted by Crippen LogP contribution is -2.58. The maximum Gasteiger partial charge on any atom is 0.573 e. The largest absolute Gasteiger partial charge is 0.573 e. The van der Waals surface area contributed by atoms with Gasteiger partial charge in [0.15, 0.2) is 10.3 Å². The molecule has 0 unspecified atom stereocenters. The molecule has 0 spiro atoms. The number of hydrogen-bond acceptors (Lipinski definition) is 19. The van der Waals surface area contributed by atoms with E-state index in [0.717, 1.165) is 79.8 Å². The summed E-state index contributed by atoms with van der Waals surface area (Å²) in [6.45, 7) is 12.9. The van der Waals surface area contributed by atoms with Gasteiger partial charge in [-0.15, -0.1) is 26.3 Å². The number of halogens is 6. The molecule has 5 aromatic rings. The van der Waals surface area contributed by atoms with Gasteiger partial charge in [-0.2, -0.15) is 8.61 Å². The minimum absolute atomic E-state index is 0.0684. The molecule has 2 aliphatic heterocycles. The van der Waals surface area contributed by atoms with E-state index in [-0.39, 0.29) is 65.4 Å². The number of piperazine rings is 2. The molecule has 79 heavy (non-hydrogen) atoms. The molecular weight excluding hydrogens is 1140 g/mol. The zero-order valence-corrected chi connectivity index (χ0v) is 46.7. The number of aliphatic carboxylic acids is 1. The molecule has 1 N–H and O–H groups in total. The van der Waals surface area contributed by atoms with Crippen molar-refractivity contribution >= 4 is 76.9 Å². The minimum atomic E-state index is -4.94. The fourth-order valence-corrected chi connectivity index (χ4v) is 12.7. The first-order valence-corrected chi connectivity index (χ1v) is 28.1. The number of aromatic nitrogens is 2. The number of aryl methyl sites for hydroxylation is 2. The summed E-state index contributed by atoms with van der Waals surface area (Å²) in [4.78, 5) is 62.5. The molecule has 20 nitrogen and oxygen atoms in total. The Balaban J connectivity index is 0.000000259. The maximum absolute atomic E-state index is 13.7. The average molecular weight is 1190 g/mol. The van der Waals surface area contributed by atoms with Crippen molar-refractivity contribution in [3.8, 4) is 11.5 Å². The number of anilines is 2. The number of carboxylic acid groups (broad SMARTS) is 1. The first-order valence-electron chi connectivity index (χ1n) is 23.6. The Hall–Kier alpha value is -6.60. The van der Waals surface area contributed by atoms with E-state index >= 15 is 0 Å². The van der Waals surface area contributed by atoms with Crippen molar-refractivity contribution in [1.29, 1.82) is 0 Å². The second kappa shape index (κ2) is 24.0. The van der Waals surface area contributed by atoms with Gasteiger partial charge in [0.1, 0.15) is 51.1 Å². The Kier molecular flexibility index (Phi) is 18.7. The first-order chi connectivity index (χ1) is 36.5. The van der Waals surface area contributed by atoms with Crippen LogP contribution in [-0.2, 0) is 50.5 Å². The van der Waals surface area contributed by atoms with Gasteiger partial charge in [-0.3, -0.25) is 9.59 Å². The fraction of sp³-hybridized carbons (Fsp3) is 0.429. The third-order valence-electron chi connectivity index (χ3n) is 11.1. The number of esters is 3. The molecule has 0 aliphatic carbocycles. The predicted molar refractivity (Wildman–Crippen MR) is 274 cm³/mol. The van der Waals surface area contributed by atoms with E-state index in [2.05, 4.69) is 19.4 Å². The Morgan fingerprint density at radius 2 is 0.975 bits per heavy atom. The third-order valence-corrected chi connectivity index (χ3v) is 17.3. The molecule has 30 heteroatoms. The normalized spacial score (nSPS) is 17.0. The van der Waals surface area contributed by atoms with Crippen molar-refractivity contribution in [2.45, 2.75) is 108 Å². The van der Waals surface area contributed by atoms with Crippen LogP contribution in [0.5, 0.6) is 11.5 Å². The highest BCUT2D eigenvalue weighted by atomic mass is 32.2. The smallest absolute Gasteiger partial charge is 0.480 e. The van der Waals surface area contributed by atoms with Gasteiger partial charge in [0.2, 0.25) is 20.0 Å². The minimum Gasteiger partial charge on any atom is -0.480 e. The molecule has 430 valence electrons. The van der Waals surface area contributed by atoms with Gasteiger partial charge < -0.3 is 38.6 Å². The van der Waals surface area contributed by atoms with E-state index in [1.807, 2.05) is 0 Å². The molecule has 2 fully saturated rings. The molecule has 0 amide bonds. The molecule has 2 aromatic heterocycles. The van der Waals surface area contributed by atoms with Gasteiger partial charge in [-0.05, 0) is 109 Å². The van der Waals surface area contributed by atoms with Crippen molar-refractivity contribution in [3.63, 3.8) is 0 Å². The maximum atomic E-state index is 13.7. The van der Waals surface area contributed by atoms with Crippen molar-refractivity contribution in [2.24, 2.45) is 0 Å². The van der Waals surface area contributed by atoms with Gasteiger partial charge in [-0.1, -0.05) is 53.0 Å². The van der Waals surface area contributed by atoms with Gasteiger partial charge in [-0.25, -0.2) is 36.4 Å². The number of carbonyl (C=O) groups excluding carboxylic acids is 3. The highest BCUT2D eigenvalue weighted by molar-refractivity contribution is 7.89. The zero-order chi connectivity index (χ0) is 58.6. The van der Waals surface area contributed by atoms with Crippen LogP contribution in [0.15, 0.2) is 88.7 Å². The third kappa shape index (κ3) is 16.5. The quantitative estimate of drug-likeness (QED) is 0.0626. The molecule has 4 heterocycles. The second-order valence-electron chi connectivity index (χ2n) is 19.5. The lowest BCUT2D eigenvalue weighted by Gasteiger charge is -2.39. The number of thiazole rings is 2. The summed E-state index contributed by atoms with van der Waals surface area (Å²) in [5.74, 6) is -4.56. The summed E-state index contributed by atoms with van der Waals surface area (Å²) in [6, 6.07) is 13.2. The number of nitrogens with zero attached hydrogens (tertiary/aromatic N) is 6. The van der Waals surface area contributed by atoms with Crippen molar-refractivity contribution < 1.29 is 91.1 Å². The Morgan fingerprint density at radius 1 is 0.595 bits per heavy atom. The van der Waals surface area contributed by atoms with Gasteiger partial charge in [0.25, 0.3) is 0 Å². The summed E-state index contributed by atoms with van der Waals surface area (Å²) in [6.07, 6.45) is -9.88. The number of hydrogen-bond donors (Lipinski definition) is 1. The number of carboxylic acids is 1. The van der Waals surface area contributed by atoms with Crippen LogP contribution in [0.4, 0.5) is 36.6 Å². The van der Waals surface area contributed by atoms with Crippen molar-refractivity contribution in [2.75, 3.05) is 49.1 Å². The average Bonchev–Trinajstić information content (AvgIpc) is 3.95. The Bertz CT molecular complexity index is 3220. The van der Waals surface area contributed by atoms with E-state index in [0.29, 0.717) is 27.2 Å². The number of rotatable bonds is 14. The van der Waals surface area contributed by atoms with Crippen molar-refractivity contribution in [3.05, 3.63) is 106 Å². The zero-order valence-electron chi connectivity index (χ0n) is 43.4. The van der Waals surface area contributed by atoms with E-state index in [9.17, 15) is 67.5 Å². The van der Waals surface area contributed by atoms with Gasteiger partial charge in [0.05, 0.1) is 21.2 Å². The molecule has 0 saturated carbocycles. The Morgan fingerprint density at radius 3 is 1.34 bits per heavy atom. The van der Waals surface area contributed by atoms with Crippen LogP contribution in [0, 0.1) is 13.8 Å². The molecular formula is C49H54F6N6O14S4. The molecule has 3 aromatic carbocycles. The van der Waals surface area contributed by atoms with Crippen LogP contribution in [0.25, 0.3) is 0 Å². The van der Waals surface area contributed by atoms with E-state index < -0.39 is 91.4 Å². The van der Waals surface area contributed by atoms with Crippen LogP contribution in [-0.4, -0.2) is 140 Å². The molecule has 7 rings (SSSR count). The number of benzene rings is 3. The van der Waals surface area contributed by atoms with Crippen LogP contribution in [0.1, 0.15) is 77.8 Å².